The number of aliphatic hydroxyl groups excluding tert-OH is 1. The maximum absolute atomic E-state index is 11.3. The number of aryl methyl sites for hydroxylation is 1. The molecule has 0 spiro atoms. The summed E-state index contributed by atoms with van der Waals surface area (Å²) in [6.45, 7) is 6.42. The van der Waals surface area contributed by atoms with Crippen molar-refractivity contribution in [1.82, 2.24) is 0 Å². The zero-order valence-electron chi connectivity index (χ0n) is 12.2. The van der Waals surface area contributed by atoms with Crippen molar-refractivity contribution in [1.29, 1.82) is 0 Å². The number of carbonyl (C=O) groups excluding carboxylic acids is 1. The largest absolute Gasteiger partial charge is 0.493 e. The minimum atomic E-state index is -0.351. The highest BCUT2D eigenvalue weighted by atomic mass is 32.2. The maximum Gasteiger partial charge on any atom is 0.316 e. The van der Waals surface area contributed by atoms with E-state index in [0.717, 1.165) is 16.2 Å². The van der Waals surface area contributed by atoms with E-state index in [1.807, 2.05) is 25.1 Å². The van der Waals surface area contributed by atoms with Crippen molar-refractivity contribution >= 4 is 17.7 Å². The van der Waals surface area contributed by atoms with E-state index in [4.69, 9.17) is 14.6 Å². The van der Waals surface area contributed by atoms with Crippen LogP contribution in [0.1, 0.15) is 25.8 Å². The summed E-state index contributed by atoms with van der Waals surface area (Å²) in [5, 5.41) is 9.17. The lowest BCUT2D eigenvalue weighted by atomic mass is 10.2. The number of esters is 1. The van der Waals surface area contributed by atoms with Gasteiger partial charge in [-0.05, 0) is 44.5 Å². The number of benzene rings is 1. The number of thioether (sulfide) groups is 1. The minimum Gasteiger partial charge on any atom is -0.493 e. The Morgan fingerprint density at radius 3 is 2.80 bits per heavy atom. The number of hydrogen-bond donors (Lipinski definition) is 1. The fourth-order valence-corrected chi connectivity index (χ4v) is 2.37. The van der Waals surface area contributed by atoms with Gasteiger partial charge in [0.05, 0.1) is 25.1 Å². The molecule has 0 bridgehead atoms. The summed E-state index contributed by atoms with van der Waals surface area (Å²) in [6, 6.07) is 5.76. The molecule has 1 N–H and O–H groups in total. The quantitative estimate of drug-likeness (QED) is 0.591. The molecule has 1 aromatic carbocycles. The fraction of sp³-hybridized carbons (Fsp3) is 0.533. The molecule has 4 nitrogen and oxygen atoms in total. The van der Waals surface area contributed by atoms with Gasteiger partial charge in [-0.15, -0.1) is 11.8 Å². The molecule has 0 heterocycles. The molecule has 1 atom stereocenters. The third-order valence-corrected chi connectivity index (χ3v) is 3.75. The van der Waals surface area contributed by atoms with Gasteiger partial charge in [0.25, 0.3) is 0 Å². The summed E-state index contributed by atoms with van der Waals surface area (Å²) in [4.78, 5) is 12.4. The molecule has 0 aromatic heterocycles. The maximum atomic E-state index is 11.3. The molecule has 0 fully saturated rings. The lowest BCUT2D eigenvalue weighted by Gasteiger charge is -2.10. The number of carbonyl (C=O) groups is 1. The first-order valence-corrected chi connectivity index (χ1v) is 7.71. The molecule has 1 rings (SSSR count). The summed E-state index contributed by atoms with van der Waals surface area (Å²) in [5.74, 6) is 0.898. The number of rotatable bonds is 8. The smallest absolute Gasteiger partial charge is 0.316 e. The van der Waals surface area contributed by atoms with E-state index in [1.165, 1.54) is 11.8 Å². The van der Waals surface area contributed by atoms with Crippen LogP contribution in [0.15, 0.2) is 23.1 Å². The van der Waals surface area contributed by atoms with Crippen LogP contribution in [0.5, 0.6) is 5.75 Å². The van der Waals surface area contributed by atoms with Crippen molar-refractivity contribution in [2.75, 3.05) is 19.0 Å². The number of ether oxygens (including phenoxy) is 2. The van der Waals surface area contributed by atoms with Crippen LogP contribution in [-0.2, 0) is 9.53 Å². The highest BCUT2D eigenvalue weighted by molar-refractivity contribution is 8.00. The van der Waals surface area contributed by atoms with Crippen LogP contribution in [0, 0.1) is 6.92 Å². The van der Waals surface area contributed by atoms with Gasteiger partial charge < -0.3 is 14.6 Å². The van der Waals surface area contributed by atoms with E-state index in [-0.39, 0.29) is 12.1 Å². The lowest BCUT2D eigenvalue weighted by Crippen LogP contribution is -2.08. The van der Waals surface area contributed by atoms with E-state index in [1.54, 1.807) is 13.8 Å². The predicted molar refractivity (Wildman–Crippen MR) is 80.3 cm³/mol. The Balaban J connectivity index is 2.48. The SMILES string of the molecule is CCOC(=O)CSc1ccc(OCC[C@H](C)O)cc1C. The molecular formula is C15H22O4S. The van der Waals surface area contributed by atoms with Crippen LogP contribution < -0.4 is 4.74 Å². The van der Waals surface area contributed by atoms with Crippen molar-refractivity contribution in [2.45, 2.75) is 38.2 Å². The van der Waals surface area contributed by atoms with Gasteiger partial charge in [0, 0.05) is 11.3 Å². The Morgan fingerprint density at radius 1 is 1.45 bits per heavy atom. The van der Waals surface area contributed by atoms with Gasteiger partial charge in [-0.25, -0.2) is 0 Å². The first-order valence-electron chi connectivity index (χ1n) is 6.73. The average Bonchev–Trinajstić information content (AvgIpc) is 2.37. The fourth-order valence-electron chi connectivity index (χ4n) is 1.56. The van der Waals surface area contributed by atoms with Gasteiger partial charge in [-0.1, -0.05) is 0 Å². The summed E-state index contributed by atoms with van der Waals surface area (Å²) in [6.07, 6.45) is 0.258. The molecule has 1 aromatic rings. The molecule has 0 aliphatic heterocycles. The van der Waals surface area contributed by atoms with Crippen molar-refractivity contribution in [3.63, 3.8) is 0 Å². The van der Waals surface area contributed by atoms with Gasteiger partial charge in [-0.2, -0.15) is 0 Å². The number of aliphatic hydroxyl groups is 1. The van der Waals surface area contributed by atoms with Crippen LogP contribution >= 0.6 is 11.8 Å². The first kappa shape index (κ1) is 16.9. The monoisotopic (exact) mass is 298 g/mol. The molecule has 0 aliphatic carbocycles. The van der Waals surface area contributed by atoms with Crippen LogP contribution in [0.25, 0.3) is 0 Å². The molecule has 0 amide bonds. The molecule has 0 unspecified atom stereocenters. The molecule has 0 aliphatic rings. The Labute approximate surface area is 124 Å². The lowest BCUT2D eigenvalue weighted by molar-refractivity contribution is -0.139. The van der Waals surface area contributed by atoms with Crippen LogP contribution in [0.4, 0.5) is 0 Å². The molecule has 0 saturated heterocycles. The van der Waals surface area contributed by atoms with Gasteiger partial charge >= 0.3 is 5.97 Å². The standard InChI is InChI=1S/C15H22O4S/c1-4-18-15(17)10-20-14-6-5-13(9-11(14)2)19-8-7-12(3)16/h5-6,9,12,16H,4,7-8,10H2,1-3H3/t12-/m0/s1. The molecule has 112 valence electrons. The zero-order valence-corrected chi connectivity index (χ0v) is 13.0. The first-order chi connectivity index (χ1) is 9.52. The highest BCUT2D eigenvalue weighted by Gasteiger charge is 2.06. The average molecular weight is 298 g/mol. The predicted octanol–water partition coefficient (Wildman–Crippen LogP) is 2.80. The second-order valence-electron chi connectivity index (χ2n) is 4.51. The van der Waals surface area contributed by atoms with E-state index < -0.39 is 0 Å². The van der Waals surface area contributed by atoms with Crippen molar-refractivity contribution in [3.05, 3.63) is 23.8 Å². The van der Waals surface area contributed by atoms with Crippen molar-refractivity contribution in [3.8, 4) is 5.75 Å². The third-order valence-electron chi connectivity index (χ3n) is 2.60. The topological polar surface area (TPSA) is 55.8 Å². The zero-order chi connectivity index (χ0) is 15.0. The van der Waals surface area contributed by atoms with Gasteiger partial charge in [0.1, 0.15) is 5.75 Å². The van der Waals surface area contributed by atoms with Gasteiger partial charge in [0.2, 0.25) is 0 Å². The third kappa shape index (κ3) is 6.30. The van der Waals surface area contributed by atoms with Crippen molar-refractivity contribution in [2.24, 2.45) is 0 Å². The summed E-state index contributed by atoms with van der Waals surface area (Å²) >= 11 is 1.46. The van der Waals surface area contributed by atoms with Crippen LogP contribution in [-0.4, -0.2) is 36.1 Å². The van der Waals surface area contributed by atoms with E-state index >= 15 is 0 Å². The van der Waals surface area contributed by atoms with E-state index in [2.05, 4.69) is 0 Å². The molecule has 0 radical (unpaired) electrons. The summed E-state index contributed by atoms with van der Waals surface area (Å²) in [7, 11) is 0. The minimum absolute atomic E-state index is 0.200. The van der Waals surface area contributed by atoms with Crippen molar-refractivity contribution < 1.29 is 19.4 Å². The van der Waals surface area contributed by atoms with Gasteiger partial charge in [-0.3, -0.25) is 4.79 Å². The Morgan fingerprint density at radius 2 is 2.20 bits per heavy atom. The van der Waals surface area contributed by atoms with E-state index in [0.29, 0.717) is 25.4 Å². The van der Waals surface area contributed by atoms with Gasteiger partial charge in [0.15, 0.2) is 0 Å². The molecule has 5 heteroatoms. The summed E-state index contributed by atoms with van der Waals surface area (Å²) in [5.41, 5.74) is 1.06. The summed E-state index contributed by atoms with van der Waals surface area (Å²) < 4.78 is 10.5. The van der Waals surface area contributed by atoms with E-state index in [9.17, 15) is 4.79 Å². The normalized spacial score (nSPS) is 12.0. The molecular weight excluding hydrogens is 276 g/mol. The molecule has 20 heavy (non-hydrogen) atoms. The Bertz CT molecular complexity index is 432. The highest BCUT2D eigenvalue weighted by Crippen LogP contribution is 2.26. The second kappa shape index (κ2) is 8.87. The van der Waals surface area contributed by atoms with Crippen LogP contribution in [0.2, 0.25) is 0 Å². The Kier molecular flexibility index (Phi) is 7.47. The second-order valence-corrected chi connectivity index (χ2v) is 5.52. The Hall–Kier alpha value is -1.20. The molecule has 0 saturated carbocycles. The van der Waals surface area contributed by atoms with Crippen LogP contribution in [0.3, 0.4) is 0 Å². The number of hydrogen-bond acceptors (Lipinski definition) is 5.